The van der Waals surface area contributed by atoms with E-state index >= 15 is 0 Å². The van der Waals surface area contributed by atoms with Crippen LogP contribution in [0.25, 0.3) is 0 Å². The number of ether oxygens (including phenoxy) is 6. The Morgan fingerprint density at radius 1 is 0.556 bits per heavy atom. The van der Waals surface area contributed by atoms with Crippen molar-refractivity contribution in [2.45, 2.75) is 63.7 Å². The predicted molar refractivity (Wildman–Crippen MR) is 201 cm³/mol. The summed E-state index contributed by atoms with van der Waals surface area (Å²) in [5.41, 5.74) is 4.94. The van der Waals surface area contributed by atoms with Crippen LogP contribution in [0.1, 0.15) is 44.5 Å². The van der Waals surface area contributed by atoms with Gasteiger partial charge in [0.15, 0.2) is 6.23 Å². The average Bonchev–Trinajstić information content (AvgIpc) is 3.71. The van der Waals surface area contributed by atoms with Crippen LogP contribution in [0.4, 0.5) is 0 Å². The molecule has 2 heterocycles. The fourth-order valence-corrected chi connectivity index (χ4v) is 6.28. The van der Waals surface area contributed by atoms with Gasteiger partial charge in [0.05, 0.1) is 44.8 Å². The molecular formula is C44H43N3O7. The van der Waals surface area contributed by atoms with E-state index in [2.05, 4.69) is 10.3 Å². The molecule has 5 atom stereocenters. The van der Waals surface area contributed by atoms with Gasteiger partial charge in [0, 0.05) is 0 Å². The number of carbonyl (C=O) groups is 1. The third-order valence-electron chi connectivity index (χ3n) is 9.04. The Morgan fingerprint density at radius 2 is 1.02 bits per heavy atom. The van der Waals surface area contributed by atoms with Crippen molar-refractivity contribution in [3.63, 3.8) is 0 Å². The van der Waals surface area contributed by atoms with Gasteiger partial charge in [-0.15, -0.1) is 5.10 Å². The topological polar surface area (TPSA) is 103 Å². The van der Waals surface area contributed by atoms with Gasteiger partial charge in [-0.25, -0.2) is 9.48 Å². The third-order valence-corrected chi connectivity index (χ3v) is 9.04. The Hall–Kier alpha value is -5.49. The quantitative estimate of drug-likeness (QED) is 0.0885. The minimum atomic E-state index is -0.803. The molecule has 1 aliphatic rings. The van der Waals surface area contributed by atoms with E-state index in [1.165, 1.54) is 0 Å². The molecule has 0 aliphatic carbocycles. The normalized spacial score (nSPS) is 19.7. The Kier molecular flexibility index (Phi) is 13.0. The maximum Gasteiger partial charge on any atom is 0.338 e. The van der Waals surface area contributed by atoms with Crippen LogP contribution in [0.3, 0.4) is 0 Å². The first-order valence-electron chi connectivity index (χ1n) is 18.1. The van der Waals surface area contributed by atoms with Gasteiger partial charge >= 0.3 is 5.97 Å². The SMILES string of the molecule is O=C(OCc1cn([C@@H]2O[C@H](COCc3ccccc3)[C@@H](OCc3ccccc3)[C@H](OCc3ccccc3)[C@H]2OCc2ccccc2)nn1)c1ccccc1. The van der Waals surface area contributed by atoms with Gasteiger partial charge in [-0.05, 0) is 34.4 Å². The highest BCUT2D eigenvalue weighted by atomic mass is 16.6. The molecule has 1 saturated heterocycles. The molecule has 276 valence electrons. The lowest BCUT2D eigenvalue weighted by atomic mass is 9.97. The molecule has 6 aromatic rings. The number of hydrogen-bond acceptors (Lipinski definition) is 9. The number of nitrogens with zero attached hydrogens (tertiary/aromatic N) is 3. The molecule has 54 heavy (non-hydrogen) atoms. The van der Waals surface area contributed by atoms with Gasteiger partial charge in [-0.2, -0.15) is 0 Å². The predicted octanol–water partition coefficient (Wildman–Crippen LogP) is 7.51. The largest absolute Gasteiger partial charge is 0.455 e. The van der Waals surface area contributed by atoms with Crippen LogP contribution in [-0.2, 0) is 61.5 Å². The van der Waals surface area contributed by atoms with Gasteiger partial charge in [-0.1, -0.05) is 145 Å². The van der Waals surface area contributed by atoms with Crippen molar-refractivity contribution in [3.8, 4) is 0 Å². The van der Waals surface area contributed by atoms with Gasteiger partial charge in [0.2, 0.25) is 0 Å². The van der Waals surface area contributed by atoms with Gasteiger partial charge in [-0.3, -0.25) is 0 Å². The van der Waals surface area contributed by atoms with Crippen LogP contribution in [0.2, 0.25) is 0 Å². The van der Waals surface area contributed by atoms with Crippen LogP contribution in [0.5, 0.6) is 0 Å². The summed E-state index contributed by atoms with van der Waals surface area (Å²) in [6.07, 6.45) is -1.63. The van der Waals surface area contributed by atoms with E-state index in [1.54, 1.807) is 35.1 Å². The molecule has 0 amide bonds. The van der Waals surface area contributed by atoms with Crippen LogP contribution >= 0.6 is 0 Å². The molecule has 1 aromatic heterocycles. The van der Waals surface area contributed by atoms with Crippen molar-refractivity contribution in [2.24, 2.45) is 0 Å². The highest BCUT2D eigenvalue weighted by Gasteiger charge is 2.49. The lowest BCUT2D eigenvalue weighted by Crippen LogP contribution is -2.59. The molecule has 1 aliphatic heterocycles. The minimum Gasteiger partial charge on any atom is -0.455 e. The van der Waals surface area contributed by atoms with Crippen LogP contribution < -0.4 is 0 Å². The lowest BCUT2D eigenvalue weighted by Gasteiger charge is -2.46. The third kappa shape index (κ3) is 10.1. The van der Waals surface area contributed by atoms with E-state index in [-0.39, 0.29) is 19.8 Å². The van der Waals surface area contributed by atoms with Gasteiger partial charge in [0.25, 0.3) is 0 Å². The number of rotatable bonds is 17. The minimum absolute atomic E-state index is 0.0731. The molecule has 7 rings (SSSR count). The number of hydrogen-bond donors (Lipinski definition) is 0. The number of esters is 1. The maximum absolute atomic E-state index is 12.7. The second-order valence-corrected chi connectivity index (χ2v) is 13.0. The second-order valence-electron chi connectivity index (χ2n) is 13.0. The summed E-state index contributed by atoms with van der Waals surface area (Å²) < 4.78 is 40.7. The molecule has 1 fully saturated rings. The Labute approximate surface area is 315 Å². The molecule has 0 radical (unpaired) electrons. The van der Waals surface area contributed by atoms with E-state index in [4.69, 9.17) is 28.4 Å². The number of aromatic nitrogens is 3. The zero-order chi connectivity index (χ0) is 36.8. The van der Waals surface area contributed by atoms with Crippen molar-refractivity contribution in [2.75, 3.05) is 6.61 Å². The number of benzene rings is 5. The van der Waals surface area contributed by atoms with Crippen molar-refractivity contribution in [1.29, 1.82) is 0 Å². The zero-order valence-corrected chi connectivity index (χ0v) is 29.8. The monoisotopic (exact) mass is 725 g/mol. The summed E-state index contributed by atoms with van der Waals surface area (Å²) in [6.45, 7) is 1.44. The second kappa shape index (κ2) is 19.0. The highest BCUT2D eigenvalue weighted by Crippen LogP contribution is 2.36. The van der Waals surface area contributed by atoms with Gasteiger partial charge < -0.3 is 28.4 Å². The fourth-order valence-electron chi connectivity index (χ4n) is 6.28. The smallest absolute Gasteiger partial charge is 0.338 e. The summed E-state index contributed by atoms with van der Waals surface area (Å²) in [4.78, 5) is 12.7. The summed E-state index contributed by atoms with van der Waals surface area (Å²) in [5.74, 6) is -0.452. The van der Waals surface area contributed by atoms with E-state index in [1.807, 2.05) is 127 Å². The van der Waals surface area contributed by atoms with E-state index < -0.39 is 36.6 Å². The molecule has 5 aromatic carbocycles. The fraction of sp³-hybridized carbons (Fsp3) is 0.250. The van der Waals surface area contributed by atoms with Crippen LogP contribution in [0, 0.1) is 0 Å². The highest BCUT2D eigenvalue weighted by molar-refractivity contribution is 5.89. The summed E-state index contributed by atoms with van der Waals surface area (Å²) in [5, 5.41) is 8.81. The number of carbonyl (C=O) groups excluding carboxylic acids is 1. The average molecular weight is 726 g/mol. The molecular weight excluding hydrogens is 682 g/mol. The van der Waals surface area contributed by atoms with Crippen molar-refractivity contribution in [1.82, 2.24) is 15.0 Å². The molecule has 0 saturated carbocycles. The first kappa shape index (κ1) is 36.9. The Balaban J connectivity index is 1.20. The summed E-state index contributed by atoms with van der Waals surface area (Å²) in [7, 11) is 0. The van der Waals surface area contributed by atoms with E-state index in [0.717, 1.165) is 22.3 Å². The van der Waals surface area contributed by atoms with Crippen LogP contribution in [0.15, 0.2) is 158 Å². The first-order chi connectivity index (χ1) is 26.7. The molecule has 10 nitrogen and oxygen atoms in total. The maximum atomic E-state index is 12.7. The standard InChI is InChI=1S/C44H43N3O7/c48-44(37-24-14-5-15-25-37)53-31-38-26-47(46-45-38)43-42(52-30-36-22-12-4-13-23-36)41(51-29-35-20-10-3-11-21-35)40(50-28-34-18-8-2-9-19-34)39(54-43)32-49-27-33-16-6-1-7-17-33/h1-26,39-43H,27-32H2/t39-,40-,41+,42-,43-/m1/s1. The van der Waals surface area contributed by atoms with Crippen LogP contribution in [-0.4, -0.2) is 52.0 Å². The summed E-state index contributed by atoms with van der Waals surface area (Å²) in [6, 6.07) is 48.8. The Morgan fingerprint density at radius 3 is 1.56 bits per heavy atom. The molecule has 0 N–H and O–H groups in total. The van der Waals surface area contributed by atoms with Crippen molar-refractivity contribution in [3.05, 3.63) is 191 Å². The zero-order valence-electron chi connectivity index (χ0n) is 29.8. The lowest BCUT2D eigenvalue weighted by molar-refractivity contribution is -0.292. The van der Waals surface area contributed by atoms with Crippen molar-refractivity contribution < 1.29 is 33.2 Å². The van der Waals surface area contributed by atoms with E-state index in [9.17, 15) is 4.79 Å². The summed E-state index contributed by atoms with van der Waals surface area (Å²) >= 11 is 0. The molecule has 0 unspecified atom stereocenters. The molecule has 10 heteroatoms. The Bertz CT molecular complexity index is 1980. The molecule has 0 spiro atoms. The molecule has 0 bridgehead atoms. The first-order valence-corrected chi connectivity index (χ1v) is 18.1. The van der Waals surface area contributed by atoms with E-state index in [0.29, 0.717) is 31.1 Å². The van der Waals surface area contributed by atoms with Gasteiger partial charge in [0.1, 0.15) is 36.7 Å². The van der Waals surface area contributed by atoms with Crippen molar-refractivity contribution >= 4 is 5.97 Å².